The second-order valence-corrected chi connectivity index (χ2v) is 6.17. The number of quaternary nitrogens is 1. The van der Waals surface area contributed by atoms with Crippen LogP contribution in [0.3, 0.4) is 0 Å². The summed E-state index contributed by atoms with van der Waals surface area (Å²) in [5.74, 6) is -1.29. The van der Waals surface area contributed by atoms with E-state index in [1.807, 2.05) is 30.4 Å². The van der Waals surface area contributed by atoms with Crippen molar-refractivity contribution in [1.29, 1.82) is 0 Å². The van der Waals surface area contributed by atoms with Gasteiger partial charge in [0.1, 0.15) is 6.04 Å². The summed E-state index contributed by atoms with van der Waals surface area (Å²) in [6.07, 6.45) is 0. The van der Waals surface area contributed by atoms with E-state index in [1.165, 1.54) is 6.07 Å². The van der Waals surface area contributed by atoms with E-state index in [4.69, 9.17) is 11.6 Å². The van der Waals surface area contributed by atoms with Crippen molar-refractivity contribution in [2.75, 3.05) is 5.32 Å². The summed E-state index contributed by atoms with van der Waals surface area (Å²) in [5.41, 5.74) is 0.472. The fourth-order valence-electron chi connectivity index (χ4n) is 2.41. The van der Waals surface area contributed by atoms with Crippen LogP contribution in [0, 0.1) is 15.9 Å². The third-order valence-electron chi connectivity index (χ3n) is 3.78. The number of nitro groups is 1. The Balaban J connectivity index is 2.03. The first-order chi connectivity index (χ1) is 11.8. The summed E-state index contributed by atoms with van der Waals surface area (Å²) in [4.78, 5) is 22.2. The topological polar surface area (TPSA) is 88.8 Å². The summed E-state index contributed by atoms with van der Waals surface area (Å²) < 4.78 is 13.3. The SMILES string of the molecule is C[C@@H]([NH2+][C@H](C)c1cccc(Cl)c1)C(=O)Nc1ccc(F)c([N+](=O)[O-])c1. The molecule has 0 aliphatic carbocycles. The Hall–Kier alpha value is -2.51. The first-order valence-electron chi connectivity index (χ1n) is 7.63. The van der Waals surface area contributed by atoms with Gasteiger partial charge < -0.3 is 10.6 Å². The smallest absolute Gasteiger partial charge is 0.306 e. The van der Waals surface area contributed by atoms with E-state index in [0.29, 0.717) is 5.02 Å². The van der Waals surface area contributed by atoms with Gasteiger partial charge in [-0.05, 0) is 38.1 Å². The fourth-order valence-corrected chi connectivity index (χ4v) is 2.61. The Morgan fingerprint density at radius 3 is 2.64 bits per heavy atom. The minimum atomic E-state index is -0.947. The Labute approximate surface area is 149 Å². The fraction of sp³-hybridized carbons (Fsp3) is 0.235. The number of nitrogens with two attached hydrogens (primary N) is 1. The molecule has 2 rings (SSSR count). The number of hydrogen-bond donors (Lipinski definition) is 2. The van der Waals surface area contributed by atoms with Gasteiger partial charge in [-0.15, -0.1) is 0 Å². The maximum atomic E-state index is 13.3. The van der Waals surface area contributed by atoms with E-state index in [2.05, 4.69) is 5.32 Å². The summed E-state index contributed by atoms with van der Waals surface area (Å²) in [7, 11) is 0. The third-order valence-corrected chi connectivity index (χ3v) is 4.01. The number of halogens is 2. The maximum Gasteiger partial charge on any atom is 0.306 e. The van der Waals surface area contributed by atoms with Gasteiger partial charge in [0.25, 0.3) is 5.91 Å². The highest BCUT2D eigenvalue weighted by Gasteiger charge is 2.22. The van der Waals surface area contributed by atoms with Crippen molar-refractivity contribution >= 4 is 28.9 Å². The molecule has 0 bridgehead atoms. The Morgan fingerprint density at radius 1 is 1.28 bits per heavy atom. The van der Waals surface area contributed by atoms with Crippen molar-refractivity contribution in [2.24, 2.45) is 0 Å². The lowest BCUT2D eigenvalue weighted by Crippen LogP contribution is -2.91. The molecular weight excluding hydrogens is 349 g/mol. The number of benzene rings is 2. The van der Waals surface area contributed by atoms with Crippen molar-refractivity contribution in [2.45, 2.75) is 25.9 Å². The van der Waals surface area contributed by atoms with Crippen LogP contribution in [0.5, 0.6) is 0 Å². The van der Waals surface area contributed by atoms with Crippen LogP contribution in [0.1, 0.15) is 25.5 Å². The number of hydrogen-bond acceptors (Lipinski definition) is 3. The van der Waals surface area contributed by atoms with Crippen LogP contribution in [-0.2, 0) is 4.79 Å². The van der Waals surface area contributed by atoms with Crippen molar-refractivity contribution in [3.05, 3.63) is 69.0 Å². The second-order valence-electron chi connectivity index (χ2n) is 5.74. The lowest BCUT2D eigenvalue weighted by molar-refractivity contribution is -0.709. The number of carbonyl (C=O) groups is 1. The van der Waals surface area contributed by atoms with Gasteiger partial charge in [0.2, 0.25) is 5.82 Å². The van der Waals surface area contributed by atoms with Crippen LogP contribution in [0.4, 0.5) is 15.8 Å². The molecule has 1 amide bonds. The molecule has 6 nitrogen and oxygen atoms in total. The highest BCUT2D eigenvalue weighted by molar-refractivity contribution is 6.30. The lowest BCUT2D eigenvalue weighted by Gasteiger charge is -2.17. The average molecular weight is 367 g/mol. The molecule has 0 fully saturated rings. The number of anilines is 1. The molecule has 0 saturated heterocycles. The molecular formula is C17H18ClFN3O3+. The van der Waals surface area contributed by atoms with Crippen molar-refractivity contribution in [3.63, 3.8) is 0 Å². The van der Waals surface area contributed by atoms with Gasteiger partial charge >= 0.3 is 5.69 Å². The molecule has 0 aromatic heterocycles. The monoisotopic (exact) mass is 366 g/mol. The minimum Gasteiger partial charge on any atom is -0.330 e. The normalized spacial score (nSPS) is 13.1. The van der Waals surface area contributed by atoms with Crippen LogP contribution in [0.25, 0.3) is 0 Å². The van der Waals surface area contributed by atoms with E-state index in [1.54, 1.807) is 13.0 Å². The number of nitro benzene ring substituents is 1. The second kappa shape index (κ2) is 8.04. The van der Waals surface area contributed by atoms with E-state index >= 15 is 0 Å². The highest BCUT2D eigenvalue weighted by atomic mass is 35.5. The number of amides is 1. The molecule has 2 aromatic carbocycles. The predicted octanol–water partition coefficient (Wildman–Crippen LogP) is 3.04. The average Bonchev–Trinajstić information content (AvgIpc) is 2.56. The van der Waals surface area contributed by atoms with E-state index in [-0.39, 0.29) is 17.6 Å². The largest absolute Gasteiger partial charge is 0.330 e. The standard InChI is InChI=1S/C17H17ClFN3O3/c1-10(12-4-3-5-13(18)8-12)20-11(2)17(23)21-14-6-7-15(19)16(9-14)22(24)25/h3-11,20H,1-2H3,(H,21,23)/p+1/t10-,11-/m1/s1. The van der Waals surface area contributed by atoms with E-state index < -0.39 is 22.5 Å². The molecule has 2 aromatic rings. The third kappa shape index (κ3) is 4.98. The molecule has 0 heterocycles. The molecule has 0 saturated carbocycles. The van der Waals surface area contributed by atoms with Crippen LogP contribution in [0.2, 0.25) is 5.02 Å². The summed E-state index contributed by atoms with van der Waals surface area (Å²) in [6, 6.07) is 10.1. The molecule has 0 aliphatic rings. The van der Waals surface area contributed by atoms with E-state index in [0.717, 1.165) is 17.7 Å². The Morgan fingerprint density at radius 2 is 2.00 bits per heavy atom. The zero-order valence-electron chi connectivity index (χ0n) is 13.7. The molecule has 0 spiro atoms. The molecule has 0 radical (unpaired) electrons. The number of rotatable bonds is 6. The summed E-state index contributed by atoms with van der Waals surface area (Å²) in [6.45, 7) is 3.66. The van der Waals surface area contributed by atoms with Crippen LogP contribution in [-0.4, -0.2) is 16.9 Å². The minimum absolute atomic E-state index is 0.0120. The van der Waals surface area contributed by atoms with Crippen LogP contribution in [0.15, 0.2) is 42.5 Å². The predicted molar refractivity (Wildman–Crippen MR) is 92.9 cm³/mol. The highest BCUT2D eigenvalue weighted by Crippen LogP contribution is 2.21. The molecule has 2 atom stereocenters. The van der Waals surface area contributed by atoms with Crippen LogP contribution < -0.4 is 10.6 Å². The summed E-state index contributed by atoms with van der Waals surface area (Å²) in [5, 5.41) is 15.8. The summed E-state index contributed by atoms with van der Waals surface area (Å²) >= 11 is 5.97. The molecule has 25 heavy (non-hydrogen) atoms. The Kier molecular flexibility index (Phi) is 6.06. The molecule has 3 N–H and O–H groups in total. The van der Waals surface area contributed by atoms with E-state index in [9.17, 15) is 19.3 Å². The van der Waals surface area contributed by atoms with Gasteiger partial charge in [-0.25, -0.2) is 0 Å². The van der Waals surface area contributed by atoms with Crippen molar-refractivity contribution in [3.8, 4) is 0 Å². The van der Waals surface area contributed by atoms with Crippen LogP contribution >= 0.6 is 11.6 Å². The zero-order valence-corrected chi connectivity index (χ0v) is 14.5. The maximum absolute atomic E-state index is 13.3. The van der Waals surface area contributed by atoms with Gasteiger partial charge in [0, 0.05) is 22.3 Å². The molecule has 0 unspecified atom stereocenters. The van der Waals surface area contributed by atoms with Gasteiger partial charge in [0.15, 0.2) is 6.04 Å². The first-order valence-corrected chi connectivity index (χ1v) is 8.01. The van der Waals surface area contributed by atoms with Gasteiger partial charge in [0.05, 0.1) is 4.92 Å². The quantitative estimate of drug-likeness (QED) is 0.608. The molecule has 8 heteroatoms. The van der Waals surface area contributed by atoms with Gasteiger partial charge in [-0.1, -0.05) is 23.7 Å². The number of nitrogens with zero attached hydrogens (tertiary/aromatic N) is 1. The number of nitrogens with one attached hydrogen (secondary N) is 1. The molecule has 0 aliphatic heterocycles. The Bertz CT molecular complexity index is 800. The van der Waals surface area contributed by atoms with Crippen molar-refractivity contribution < 1.29 is 19.4 Å². The first kappa shape index (κ1) is 18.8. The van der Waals surface area contributed by atoms with Gasteiger partial charge in [-0.2, -0.15) is 4.39 Å². The van der Waals surface area contributed by atoms with Crippen molar-refractivity contribution in [1.82, 2.24) is 0 Å². The molecule has 132 valence electrons. The number of carbonyl (C=O) groups excluding carboxylic acids is 1. The van der Waals surface area contributed by atoms with Gasteiger partial charge in [-0.3, -0.25) is 14.9 Å². The lowest BCUT2D eigenvalue weighted by atomic mass is 10.1. The zero-order chi connectivity index (χ0) is 18.6.